The number of nitrogens with one attached hydrogen (secondary N) is 2. The number of methoxy groups -OCH3 is 2. The van der Waals surface area contributed by atoms with Crippen molar-refractivity contribution in [3.05, 3.63) is 73.5 Å². The van der Waals surface area contributed by atoms with Crippen molar-refractivity contribution >= 4 is 28.7 Å². The largest absolute Gasteiger partial charge is 0.493 e. The SMILES string of the molecule is COc1cc(C(=O)Nc2cc(-c3cccs3)nn2-c2nc(C(C)C)cc(=O)[nH]2)c([N+](=O)[O-])cc1OC. The first-order valence-corrected chi connectivity index (χ1v) is 11.6. The van der Waals surface area contributed by atoms with Crippen LogP contribution < -0.4 is 20.3 Å². The summed E-state index contributed by atoms with van der Waals surface area (Å²) >= 11 is 1.43. The van der Waals surface area contributed by atoms with Crippen molar-refractivity contribution in [3.63, 3.8) is 0 Å². The molecule has 0 unspecified atom stereocenters. The third-order valence-electron chi connectivity index (χ3n) is 5.21. The second-order valence-corrected chi connectivity index (χ2v) is 8.84. The van der Waals surface area contributed by atoms with Gasteiger partial charge in [-0.05, 0) is 17.4 Å². The Kier molecular flexibility index (Phi) is 6.83. The number of nitro benzene ring substituents is 1. The summed E-state index contributed by atoms with van der Waals surface area (Å²) < 4.78 is 11.6. The molecular weight excluding hydrogens is 488 g/mol. The monoisotopic (exact) mass is 510 g/mol. The molecule has 0 radical (unpaired) electrons. The Morgan fingerprint density at radius 1 is 1.19 bits per heavy atom. The minimum Gasteiger partial charge on any atom is -0.493 e. The van der Waals surface area contributed by atoms with Crippen LogP contribution in [-0.2, 0) is 0 Å². The molecule has 3 aromatic heterocycles. The van der Waals surface area contributed by atoms with Gasteiger partial charge in [0.1, 0.15) is 17.1 Å². The van der Waals surface area contributed by atoms with Gasteiger partial charge < -0.3 is 14.8 Å². The number of rotatable bonds is 8. The number of hydrogen-bond acceptors (Lipinski definition) is 9. The van der Waals surface area contributed by atoms with Crippen molar-refractivity contribution in [2.24, 2.45) is 0 Å². The highest BCUT2D eigenvalue weighted by Gasteiger charge is 2.26. The Balaban J connectivity index is 1.83. The van der Waals surface area contributed by atoms with Crippen molar-refractivity contribution in [2.45, 2.75) is 19.8 Å². The number of anilines is 1. The van der Waals surface area contributed by atoms with Gasteiger partial charge in [0, 0.05) is 18.2 Å². The van der Waals surface area contributed by atoms with Crippen molar-refractivity contribution in [1.29, 1.82) is 0 Å². The minimum atomic E-state index is -0.788. The average Bonchev–Trinajstić information content (AvgIpc) is 3.53. The fourth-order valence-corrected chi connectivity index (χ4v) is 4.10. The summed E-state index contributed by atoms with van der Waals surface area (Å²) in [5.41, 5.74) is -0.0531. The predicted octanol–water partition coefficient (Wildman–Crippen LogP) is 3.99. The lowest BCUT2D eigenvalue weighted by Gasteiger charge is -2.12. The summed E-state index contributed by atoms with van der Waals surface area (Å²) in [7, 11) is 2.70. The number of aromatic nitrogens is 4. The third-order valence-corrected chi connectivity index (χ3v) is 6.10. The van der Waals surface area contributed by atoms with Crippen molar-refractivity contribution < 1.29 is 19.2 Å². The molecule has 0 aliphatic carbocycles. The van der Waals surface area contributed by atoms with Crippen molar-refractivity contribution in [1.82, 2.24) is 19.7 Å². The third kappa shape index (κ3) is 4.81. The van der Waals surface area contributed by atoms with E-state index >= 15 is 0 Å². The molecule has 36 heavy (non-hydrogen) atoms. The van der Waals surface area contributed by atoms with Gasteiger partial charge in [-0.15, -0.1) is 11.3 Å². The van der Waals surface area contributed by atoms with Crippen LogP contribution in [-0.4, -0.2) is 44.8 Å². The Bertz CT molecular complexity index is 1490. The number of benzene rings is 1. The number of carbonyl (C=O) groups is 1. The molecule has 4 aromatic rings. The standard InChI is InChI=1S/C23H22N6O6S/c1-12(2)14-10-21(30)26-23(24-14)28-20(9-15(27-28)19-6-5-7-36-19)25-22(31)13-8-17(34-3)18(35-4)11-16(13)29(32)33/h5-12H,1-4H3,(H,25,31)(H,24,26,30). The van der Waals surface area contributed by atoms with Crippen LogP contribution in [0.4, 0.5) is 11.5 Å². The maximum absolute atomic E-state index is 13.3. The normalized spacial score (nSPS) is 10.9. The quantitative estimate of drug-likeness (QED) is 0.266. The molecule has 0 spiro atoms. The molecule has 0 saturated heterocycles. The highest BCUT2D eigenvalue weighted by atomic mass is 32.1. The molecule has 0 saturated carbocycles. The second kappa shape index (κ2) is 10.00. The van der Waals surface area contributed by atoms with Crippen LogP contribution in [0.3, 0.4) is 0 Å². The number of carbonyl (C=O) groups excluding carboxylic acids is 1. The number of thiophene rings is 1. The number of ether oxygens (including phenoxy) is 2. The zero-order valence-electron chi connectivity index (χ0n) is 19.8. The lowest BCUT2D eigenvalue weighted by atomic mass is 10.1. The number of nitro groups is 1. The number of amides is 1. The van der Waals surface area contributed by atoms with E-state index in [-0.39, 0.29) is 40.3 Å². The van der Waals surface area contributed by atoms with Gasteiger partial charge in [0.15, 0.2) is 11.5 Å². The minimum absolute atomic E-state index is 0.0363. The molecule has 3 heterocycles. The van der Waals surface area contributed by atoms with Gasteiger partial charge in [0.05, 0.1) is 35.8 Å². The fraction of sp³-hybridized carbons (Fsp3) is 0.217. The first kappa shape index (κ1) is 24.6. The van der Waals surface area contributed by atoms with Gasteiger partial charge in [-0.25, -0.2) is 4.98 Å². The molecule has 0 bridgehead atoms. The fourth-order valence-electron chi connectivity index (χ4n) is 3.42. The maximum Gasteiger partial charge on any atom is 0.286 e. The number of hydrogen-bond donors (Lipinski definition) is 2. The Morgan fingerprint density at radius 2 is 1.92 bits per heavy atom. The Morgan fingerprint density at radius 3 is 2.53 bits per heavy atom. The van der Waals surface area contributed by atoms with Gasteiger partial charge in [0.2, 0.25) is 5.95 Å². The molecule has 12 nitrogen and oxygen atoms in total. The van der Waals surface area contributed by atoms with Crippen LogP contribution >= 0.6 is 11.3 Å². The number of nitrogens with zero attached hydrogens (tertiary/aromatic N) is 4. The highest BCUT2D eigenvalue weighted by molar-refractivity contribution is 7.13. The van der Waals surface area contributed by atoms with E-state index in [4.69, 9.17) is 9.47 Å². The summed E-state index contributed by atoms with van der Waals surface area (Å²) in [6.45, 7) is 3.79. The van der Waals surface area contributed by atoms with Gasteiger partial charge in [-0.1, -0.05) is 19.9 Å². The van der Waals surface area contributed by atoms with E-state index < -0.39 is 16.5 Å². The van der Waals surface area contributed by atoms with E-state index in [0.29, 0.717) is 11.4 Å². The summed E-state index contributed by atoms with van der Waals surface area (Å²) in [5, 5.41) is 20.8. The first-order chi connectivity index (χ1) is 17.2. The molecule has 0 aliphatic heterocycles. The van der Waals surface area contributed by atoms with Crippen LogP contribution in [0.25, 0.3) is 16.5 Å². The van der Waals surface area contributed by atoms with Crippen LogP contribution in [0.15, 0.2) is 46.6 Å². The Labute approximate surface area is 208 Å². The molecule has 1 amide bonds. The summed E-state index contributed by atoms with van der Waals surface area (Å²) in [4.78, 5) is 44.5. The van der Waals surface area contributed by atoms with Gasteiger partial charge in [0.25, 0.3) is 17.2 Å². The maximum atomic E-state index is 13.3. The smallest absolute Gasteiger partial charge is 0.286 e. The van der Waals surface area contributed by atoms with Crippen LogP contribution in [0.2, 0.25) is 0 Å². The lowest BCUT2D eigenvalue weighted by molar-refractivity contribution is -0.385. The summed E-state index contributed by atoms with van der Waals surface area (Å²) in [5.74, 6) is -0.327. The highest BCUT2D eigenvalue weighted by Crippen LogP contribution is 2.35. The molecule has 0 atom stereocenters. The molecule has 1 aromatic carbocycles. The molecule has 2 N–H and O–H groups in total. The topological polar surface area (TPSA) is 154 Å². The van der Waals surface area contributed by atoms with Gasteiger partial charge >= 0.3 is 0 Å². The molecular formula is C23H22N6O6S. The van der Waals surface area contributed by atoms with Gasteiger partial charge in [-0.2, -0.15) is 9.78 Å². The zero-order chi connectivity index (χ0) is 26.0. The van der Waals surface area contributed by atoms with Gasteiger partial charge in [-0.3, -0.25) is 24.7 Å². The van der Waals surface area contributed by atoms with Crippen molar-refractivity contribution in [2.75, 3.05) is 19.5 Å². The van der Waals surface area contributed by atoms with Crippen molar-refractivity contribution in [3.8, 4) is 28.0 Å². The molecule has 4 rings (SSSR count). The van der Waals surface area contributed by atoms with E-state index in [0.717, 1.165) is 10.9 Å². The summed E-state index contributed by atoms with van der Waals surface area (Å²) in [6, 6.07) is 9.04. The van der Waals surface area contributed by atoms with E-state index in [1.807, 2.05) is 31.4 Å². The average molecular weight is 511 g/mol. The Hall–Kier alpha value is -4.52. The summed E-state index contributed by atoms with van der Waals surface area (Å²) in [6.07, 6.45) is 0. The predicted molar refractivity (Wildman–Crippen MR) is 134 cm³/mol. The van der Waals surface area contributed by atoms with E-state index in [1.165, 1.54) is 42.4 Å². The first-order valence-electron chi connectivity index (χ1n) is 10.7. The molecule has 13 heteroatoms. The van der Waals surface area contributed by atoms with Crippen LogP contribution in [0, 0.1) is 10.1 Å². The van der Waals surface area contributed by atoms with Crippen LogP contribution in [0.5, 0.6) is 11.5 Å². The number of H-pyrrole nitrogens is 1. The lowest BCUT2D eigenvalue weighted by Crippen LogP contribution is -2.20. The molecule has 0 aliphatic rings. The van der Waals surface area contributed by atoms with Crippen LogP contribution in [0.1, 0.15) is 35.8 Å². The second-order valence-electron chi connectivity index (χ2n) is 7.89. The number of aromatic amines is 1. The molecule has 186 valence electrons. The van der Waals surface area contributed by atoms with E-state index in [2.05, 4.69) is 20.4 Å². The van der Waals surface area contributed by atoms with E-state index in [9.17, 15) is 19.7 Å². The van der Waals surface area contributed by atoms with E-state index in [1.54, 1.807) is 6.07 Å². The molecule has 0 fully saturated rings. The zero-order valence-corrected chi connectivity index (χ0v) is 20.6.